The fourth-order valence-corrected chi connectivity index (χ4v) is 3.20. The molecule has 21 heavy (non-hydrogen) atoms. The van der Waals surface area contributed by atoms with Gasteiger partial charge in [-0.3, -0.25) is 5.01 Å². The van der Waals surface area contributed by atoms with Crippen LogP contribution in [0.4, 0.5) is 5.69 Å². The maximum atomic E-state index is 6.62. The van der Waals surface area contributed by atoms with E-state index in [0.29, 0.717) is 0 Å². The fourth-order valence-electron chi connectivity index (χ4n) is 2.83. The standard InChI is InChI=1S/C17H19ClN2O/c1-3-12-19-16-7-5-4-6-15(16)17(20(19)18)13-8-10-14(21-2)11-9-13/h4-11,17H,3,12H2,1-2H3. The van der Waals surface area contributed by atoms with Gasteiger partial charge in [0.25, 0.3) is 0 Å². The molecule has 1 aliphatic rings. The molecule has 0 saturated heterocycles. The lowest BCUT2D eigenvalue weighted by Gasteiger charge is -2.27. The Bertz CT molecular complexity index is 614. The van der Waals surface area contributed by atoms with Gasteiger partial charge in [-0.2, -0.15) is 0 Å². The van der Waals surface area contributed by atoms with Crippen molar-refractivity contribution in [2.45, 2.75) is 19.4 Å². The smallest absolute Gasteiger partial charge is 0.118 e. The first-order valence-electron chi connectivity index (χ1n) is 7.21. The Morgan fingerprint density at radius 2 is 1.81 bits per heavy atom. The summed E-state index contributed by atoms with van der Waals surface area (Å²) in [6.07, 6.45) is 1.05. The highest BCUT2D eigenvalue weighted by Gasteiger charge is 2.35. The minimum Gasteiger partial charge on any atom is -0.497 e. The highest BCUT2D eigenvalue weighted by molar-refractivity contribution is 6.15. The van der Waals surface area contributed by atoms with Crippen LogP contribution in [-0.4, -0.2) is 18.2 Å². The van der Waals surface area contributed by atoms with Gasteiger partial charge in [-0.15, -0.1) is 4.53 Å². The first-order chi connectivity index (χ1) is 10.3. The van der Waals surface area contributed by atoms with Crippen LogP contribution in [0, 0.1) is 0 Å². The molecule has 3 nitrogen and oxygen atoms in total. The Morgan fingerprint density at radius 3 is 2.48 bits per heavy atom. The third kappa shape index (κ3) is 2.47. The molecule has 3 rings (SSSR count). The Kier molecular flexibility index (Phi) is 4.04. The summed E-state index contributed by atoms with van der Waals surface area (Å²) < 4.78 is 7.05. The highest BCUT2D eigenvalue weighted by atomic mass is 35.5. The Morgan fingerprint density at radius 1 is 1.10 bits per heavy atom. The number of hydrazine groups is 1. The number of methoxy groups -OCH3 is 1. The minimum absolute atomic E-state index is 0.0420. The van der Waals surface area contributed by atoms with Crippen molar-refractivity contribution in [3.05, 3.63) is 59.7 Å². The molecule has 1 heterocycles. The molecule has 110 valence electrons. The van der Waals surface area contributed by atoms with Crippen molar-refractivity contribution in [2.24, 2.45) is 0 Å². The number of benzene rings is 2. The van der Waals surface area contributed by atoms with Crippen LogP contribution >= 0.6 is 11.8 Å². The first-order valence-corrected chi connectivity index (χ1v) is 7.55. The second-order valence-corrected chi connectivity index (χ2v) is 5.49. The zero-order valence-corrected chi connectivity index (χ0v) is 13.0. The zero-order chi connectivity index (χ0) is 14.8. The van der Waals surface area contributed by atoms with Crippen molar-refractivity contribution in [1.29, 1.82) is 0 Å². The molecular weight excluding hydrogens is 284 g/mol. The molecule has 0 bridgehead atoms. The van der Waals surface area contributed by atoms with Crippen molar-refractivity contribution in [1.82, 2.24) is 4.53 Å². The Hall–Kier alpha value is -1.71. The predicted molar refractivity (Wildman–Crippen MR) is 86.6 cm³/mol. The summed E-state index contributed by atoms with van der Waals surface area (Å²) >= 11 is 6.62. The lowest BCUT2D eigenvalue weighted by Crippen LogP contribution is -2.33. The summed E-state index contributed by atoms with van der Waals surface area (Å²) in [5, 5.41) is 2.14. The van der Waals surface area contributed by atoms with E-state index in [9.17, 15) is 0 Å². The third-order valence-corrected chi connectivity index (χ3v) is 4.20. The molecule has 0 radical (unpaired) electrons. The van der Waals surface area contributed by atoms with Gasteiger partial charge in [0.1, 0.15) is 5.75 Å². The molecule has 0 N–H and O–H groups in total. The van der Waals surface area contributed by atoms with E-state index in [1.807, 2.05) is 16.7 Å². The van der Waals surface area contributed by atoms with Crippen LogP contribution in [0.3, 0.4) is 0 Å². The molecule has 0 aromatic heterocycles. The number of hydrogen-bond donors (Lipinski definition) is 0. The molecule has 1 unspecified atom stereocenters. The molecule has 1 atom stereocenters. The molecule has 0 aliphatic carbocycles. The van der Waals surface area contributed by atoms with Gasteiger partial charge in [0, 0.05) is 23.9 Å². The topological polar surface area (TPSA) is 15.7 Å². The average Bonchev–Trinajstić information content (AvgIpc) is 2.81. The quantitative estimate of drug-likeness (QED) is 0.779. The number of anilines is 1. The molecule has 0 amide bonds. The number of para-hydroxylation sites is 1. The van der Waals surface area contributed by atoms with Crippen LogP contribution < -0.4 is 9.75 Å². The summed E-state index contributed by atoms with van der Waals surface area (Å²) in [7, 11) is 1.68. The van der Waals surface area contributed by atoms with E-state index in [4.69, 9.17) is 16.5 Å². The SMILES string of the molecule is CCCN1c2ccccc2C(c2ccc(OC)cc2)N1Cl. The number of fused-ring (bicyclic) bond motifs is 1. The van der Waals surface area contributed by atoms with Gasteiger partial charge >= 0.3 is 0 Å². The van der Waals surface area contributed by atoms with Crippen LogP contribution in [0.2, 0.25) is 0 Å². The van der Waals surface area contributed by atoms with Gasteiger partial charge in [0.2, 0.25) is 0 Å². The number of rotatable bonds is 4. The molecule has 0 spiro atoms. The first kappa shape index (κ1) is 14.2. The number of halogens is 1. The molecule has 0 fully saturated rings. The summed E-state index contributed by atoms with van der Waals surface area (Å²) in [5.74, 6) is 0.858. The second kappa shape index (κ2) is 5.96. The van der Waals surface area contributed by atoms with Crippen LogP contribution in [0.15, 0.2) is 48.5 Å². The van der Waals surface area contributed by atoms with Crippen LogP contribution in [-0.2, 0) is 0 Å². The summed E-state index contributed by atoms with van der Waals surface area (Å²) in [6, 6.07) is 16.5. The van der Waals surface area contributed by atoms with Gasteiger partial charge in [0.05, 0.1) is 18.8 Å². The lowest BCUT2D eigenvalue weighted by atomic mass is 9.99. The zero-order valence-electron chi connectivity index (χ0n) is 12.3. The van der Waals surface area contributed by atoms with E-state index in [1.165, 1.54) is 11.3 Å². The highest BCUT2D eigenvalue weighted by Crippen LogP contribution is 2.44. The van der Waals surface area contributed by atoms with Gasteiger partial charge in [-0.1, -0.05) is 37.3 Å². The maximum absolute atomic E-state index is 6.62. The van der Waals surface area contributed by atoms with Crippen molar-refractivity contribution >= 4 is 17.5 Å². The molecular formula is C17H19ClN2O. The molecule has 4 heteroatoms. The maximum Gasteiger partial charge on any atom is 0.118 e. The van der Waals surface area contributed by atoms with E-state index < -0.39 is 0 Å². The van der Waals surface area contributed by atoms with Gasteiger partial charge in [-0.25, -0.2) is 0 Å². The van der Waals surface area contributed by atoms with Crippen molar-refractivity contribution in [3.8, 4) is 5.75 Å². The van der Waals surface area contributed by atoms with Gasteiger partial charge in [-0.05, 0) is 30.2 Å². The Balaban J connectivity index is 2.01. The van der Waals surface area contributed by atoms with Crippen molar-refractivity contribution < 1.29 is 4.74 Å². The number of ether oxygens (including phenoxy) is 1. The second-order valence-electron chi connectivity index (χ2n) is 5.15. The lowest BCUT2D eigenvalue weighted by molar-refractivity contribution is 0.389. The normalized spacial score (nSPS) is 17.9. The number of hydrogen-bond acceptors (Lipinski definition) is 3. The third-order valence-electron chi connectivity index (χ3n) is 3.82. The Labute approximate surface area is 130 Å². The number of nitrogens with zero attached hydrogens (tertiary/aromatic N) is 2. The van der Waals surface area contributed by atoms with Gasteiger partial charge in [0.15, 0.2) is 0 Å². The van der Waals surface area contributed by atoms with E-state index in [1.54, 1.807) is 7.11 Å². The van der Waals surface area contributed by atoms with E-state index >= 15 is 0 Å². The largest absolute Gasteiger partial charge is 0.497 e. The molecule has 1 aliphatic heterocycles. The van der Waals surface area contributed by atoms with E-state index in [-0.39, 0.29) is 6.04 Å². The van der Waals surface area contributed by atoms with Crippen LogP contribution in [0.5, 0.6) is 5.75 Å². The van der Waals surface area contributed by atoms with Crippen LogP contribution in [0.1, 0.15) is 30.5 Å². The summed E-state index contributed by atoms with van der Waals surface area (Å²) in [5.41, 5.74) is 3.60. The summed E-state index contributed by atoms with van der Waals surface area (Å²) in [6.45, 7) is 3.07. The molecule has 0 saturated carbocycles. The van der Waals surface area contributed by atoms with E-state index in [0.717, 1.165) is 24.3 Å². The van der Waals surface area contributed by atoms with Crippen molar-refractivity contribution in [3.63, 3.8) is 0 Å². The molecule has 2 aromatic rings. The fraction of sp³-hybridized carbons (Fsp3) is 0.294. The monoisotopic (exact) mass is 302 g/mol. The van der Waals surface area contributed by atoms with Gasteiger partial charge < -0.3 is 4.74 Å². The predicted octanol–water partition coefficient (Wildman–Crippen LogP) is 4.39. The molecule has 2 aromatic carbocycles. The average molecular weight is 303 g/mol. The summed E-state index contributed by atoms with van der Waals surface area (Å²) in [4.78, 5) is 0. The van der Waals surface area contributed by atoms with E-state index in [2.05, 4.69) is 48.3 Å². The minimum atomic E-state index is 0.0420. The van der Waals surface area contributed by atoms with Crippen LogP contribution in [0.25, 0.3) is 0 Å². The van der Waals surface area contributed by atoms with Crippen molar-refractivity contribution in [2.75, 3.05) is 18.7 Å².